The van der Waals surface area contributed by atoms with Gasteiger partial charge in [-0.25, -0.2) is 5.10 Å². The van der Waals surface area contributed by atoms with Crippen molar-refractivity contribution in [3.05, 3.63) is 113 Å². The smallest absolute Gasteiger partial charge is 0.264 e. The minimum absolute atomic E-state index is 0.204. The Labute approximate surface area is 215 Å². The molecule has 0 aliphatic carbocycles. The summed E-state index contributed by atoms with van der Waals surface area (Å²) in [6.07, 6.45) is 5.82. The average Bonchev–Trinajstić information content (AvgIpc) is 3.45. The summed E-state index contributed by atoms with van der Waals surface area (Å²) >= 11 is 0. The van der Waals surface area contributed by atoms with Crippen molar-refractivity contribution in [2.75, 3.05) is 13.1 Å². The number of likely N-dealkylation sites (tertiary alicyclic amines) is 1. The monoisotopic (exact) mass is 488 g/mol. The fourth-order valence-electron chi connectivity index (χ4n) is 5.13. The zero-order valence-corrected chi connectivity index (χ0v) is 20.5. The predicted molar refractivity (Wildman–Crippen MR) is 145 cm³/mol. The van der Waals surface area contributed by atoms with Gasteiger partial charge in [-0.3, -0.25) is 19.4 Å². The maximum absolute atomic E-state index is 12.0. The van der Waals surface area contributed by atoms with E-state index in [0.29, 0.717) is 6.04 Å². The predicted octanol–water partition coefficient (Wildman–Crippen LogP) is 5.20. The molecular formula is C30H28N6O. The summed E-state index contributed by atoms with van der Waals surface area (Å²) < 4.78 is 2.15. The molecule has 184 valence electrons. The fourth-order valence-corrected chi connectivity index (χ4v) is 5.13. The van der Waals surface area contributed by atoms with Gasteiger partial charge in [0.25, 0.3) is 5.56 Å². The van der Waals surface area contributed by atoms with E-state index in [1.54, 1.807) is 6.07 Å². The molecule has 3 aromatic heterocycles. The van der Waals surface area contributed by atoms with Crippen molar-refractivity contribution in [1.82, 2.24) is 29.9 Å². The molecule has 4 heterocycles. The van der Waals surface area contributed by atoms with Crippen molar-refractivity contribution in [3.63, 3.8) is 0 Å². The molecule has 5 aromatic rings. The van der Waals surface area contributed by atoms with Gasteiger partial charge < -0.3 is 0 Å². The van der Waals surface area contributed by atoms with E-state index in [2.05, 4.69) is 60.2 Å². The Morgan fingerprint density at radius 3 is 2.38 bits per heavy atom. The standard InChI is InChI=1S/C30H28N6O/c37-29-20-26(23-6-2-1-3-7-23)30(34-33-29)24-11-9-22(10-12-24)21-35-18-14-25(15-19-35)36-28(13-17-32-36)27-8-4-5-16-31-27/h1-13,16-17,20,25H,14-15,18-19,21H2,(H,33,37). The summed E-state index contributed by atoms with van der Waals surface area (Å²) in [5.41, 5.74) is 6.69. The van der Waals surface area contributed by atoms with Crippen LogP contribution >= 0.6 is 0 Å². The molecule has 1 N–H and O–H groups in total. The largest absolute Gasteiger partial charge is 0.299 e. The summed E-state index contributed by atoms with van der Waals surface area (Å²) in [5.74, 6) is 0. The van der Waals surface area contributed by atoms with Crippen LogP contribution in [-0.4, -0.2) is 43.0 Å². The Morgan fingerprint density at radius 2 is 1.62 bits per heavy atom. The third-order valence-electron chi connectivity index (χ3n) is 7.03. The lowest BCUT2D eigenvalue weighted by Gasteiger charge is -2.32. The fraction of sp³-hybridized carbons (Fsp3) is 0.200. The first-order valence-electron chi connectivity index (χ1n) is 12.7. The van der Waals surface area contributed by atoms with Crippen molar-refractivity contribution < 1.29 is 0 Å². The van der Waals surface area contributed by atoms with Gasteiger partial charge in [-0.2, -0.15) is 10.2 Å². The highest BCUT2D eigenvalue weighted by atomic mass is 16.1. The highest BCUT2D eigenvalue weighted by Crippen LogP contribution is 2.30. The molecule has 1 saturated heterocycles. The number of H-pyrrole nitrogens is 1. The lowest BCUT2D eigenvalue weighted by atomic mass is 9.99. The number of aromatic nitrogens is 5. The van der Waals surface area contributed by atoms with Crippen molar-refractivity contribution >= 4 is 0 Å². The number of hydrogen-bond acceptors (Lipinski definition) is 5. The Balaban J connectivity index is 1.13. The lowest BCUT2D eigenvalue weighted by Crippen LogP contribution is -2.34. The maximum atomic E-state index is 12.0. The Hall–Kier alpha value is -4.36. The van der Waals surface area contributed by atoms with Gasteiger partial charge >= 0.3 is 0 Å². The van der Waals surface area contributed by atoms with E-state index in [1.165, 1.54) is 5.56 Å². The van der Waals surface area contributed by atoms with E-state index in [0.717, 1.165) is 66.2 Å². The van der Waals surface area contributed by atoms with Gasteiger partial charge in [0.2, 0.25) is 0 Å². The second-order valence-corrected chi connectivity index (χ2v) is 9.44. The van der Waals surface area contributed by atoms with Crippen LogP contribution in [-0.2, 0) is 6.54 Å². The highest BCUT2D eigenvalue weighted by Gasteiger charge is 2.23. The molecule has 0 amide bonds. The van der Waals surface area contributed by atoms with Crippen LogP contribution in [0, 0.1) is 0 Å². The molecule has 1 aliphatic heterocycles. The van der Waals surface area contributed by atoms with Gasteiger partial charge in [-0.15, -0.1) is 0 Å². The SMILES string of the molecule is O=c1cc(-c2ccccc2)c(-c2ccc(CN3CCC(n4nccc4-c4ccccn4)CC3)cc2)n[nH]1. The first kappa shape index (κ1) is 23.1. The van der Waals surface area contributed by atoms with Gasteiger partial charge in [0, 0.05) is 49.2 Å². The van der Waals surface area contributed by atoms with Gasteiger partial charge in [-0.1, -0.05) is 60.7 Å². The van der Waals surface area contributed by atoms with Crippen LogP contribution < -0.4 is 5.56 Å². The molecule has 0 spiro atoms. The Kier molecular flexibility index (Phi) is 6.44. The number of hydrogen-bond donors (Lipinski definition) is 1. The molecule has 1 fully saturated rings. The van der Waals surface area contributed by atoms with Crippen LogP contribution in [0.2, 0.25) is 0 Å². The highest BCUT2D eigenvalue weighted by molar-refractivity contribution is 5.80. The van der Waals surface area contributed by atoms with Gasteiger partial charge in [-0.05, 0) is 42.2 Å². The van der Waals surface area contributed by atoms with E-state index in [4.69, 9.17) is 0 Å². The molecule has 0 radical (unpaired) electrons. The van der Waals surface area contributed by atoms with E-state index in [9.17, 15) is 4.79 Å². The van der Waals surface area contributed by atoms with E-state index < -0.39 is 0 Å². The average molecular weight is 489 g/mol. The molecule has 0 atom stereocenters. The summed E-state index contributed by atoms with van der Waals surface area (Å²) in [6.45, 7) is 2.95. The third-order valence-corrected chi connectivity index (χ3v) is 7.03. The zero-order valence-electron chi connectivity index (χ0n) is 20.5. The number of pyridine rings is 1. The number of nitrogens with one attached hydrogen (secondary N) is 1. The summed E-state index contributed by atoms with van der Waals surface area (Å²) in [4.78, 5) is 19.0. The van der Waals surface area contributed by atoms with Crippen LogP contribution in [0.1, 0.15) is 24.4 Å². The van der Waals surface area contributed by atoms with Gasteiger partial charge in [0.1, 0.15) is 0 Å². The summed E-state index contributed by atoms with van der Waals surface area (Å²) in [6, 6.07) is 28.5. The van der Waals surface area contributed by atoms with Crippen molar-refractivity contribution in [1.29, 1.82) is 0 Å². The second kappa shape index (κ2) is 10.3. The second-order valence-electron chi connectivity index (χ2n) is 9.44. The van der Waals surface area contributed by atoms with Crippen LogP contribution in [0.15, 0.2) is 102 Å². The lowest BCUT2D eigenvalue weighted by molar-refractivity contribution is 0.174. The topological polar surface area (TPSA) is 79.7 Å². The minimum Gasteiger partial charge on any atom is -0.299 e. The maximum Gasteiger partial charge on any atom is 0.264 e. The Morgan fingerprint density at radius 1 is 0.838 bits per heavy atom. The number of rotatable bonds is 6. The quantitative estimate of drug-likeness (QED) is 0.355. The third kappa shape index (κ3) is 4.99. The zero-order chi connectivity index (χ0) is 25.0. The molecule has 7 nitrogen and oxygen atoms in total. The normalized spacial score (nSPS) is 14.6. The molecule has 0 unspecified atom stereocenters. The molecule has 7 heteroatoms. The number of piperidine rings is 1. The summed E-state index contributed by atoms with van der Waals surface area (Å²) in [7, 11) is 0. The molecule has 0 bridgehead atoms. The molecule has 2 aromatic carbocycles. The van der Waals surface area contributed by atoms with E-state index in [1.807, 2.05) is 60.9 Å². The molecule has 6 rings (SSSR count). The number of benzene rings is 2. The molecule has 37 heavy (non-hydrogen) atoms. The van der Waals surface area contributed by atoms with Crippen LogP contribution in [0.3, 0.4) is 0 Å². The molecule has 0 saturated carbocycles. The van der Waals surface area contributed by atoms with E-state index in [-0.39, 0.29) is 5.56 Å². The van der Waals surface area contributed by atoms with Crippen molar-refractivity contribution in [2.45, 2.75) is 25.4 Å². The van der Waals surface area contributed by atoms with E-state index >= 15 is 0 Å². The van der Waals surface area contributed by atoms with Gasteiger partial charge in [0.05, 0.1) is 23.1 Å². The molecular weight excluding hydrogens is 460 g/mol. The van der Waals surface area contributed by atoms with Crippen LogP contribution in [0.4, 0.5) is 0 Å². The van der Waals surface area contributed by atoms with Crippen LogP contribution in [0.25, 0.3) is 33.8 Å². The molecule has 1 aliphatic rings. The van der Waals surface area contributed by atoms with Crippen LogP contribution in [0.5, 0.6) is 0 Å². The van der Waals surface area contributed by atoms with Gasteiger partial charge in [0.15, 0.2) is 0 Å². The Bertz CT molecular complexity index is 1520. The number of nitrogens with zero attached hydrogens (tertiary/aromatic N) is 5. The number of aromatic amines is 1. The van der Waals surface area contributed by atoms with Crippen molar-refractivity contribution in [2.24, 2.45) is 0 Å². The first-order valence-corrected chi connectivity index (χ1v) is 12.7. The van der Waals surface area contributed by atoms with Crippen molar-refractivity contribution in [3.8, 4) is 33.8 Å². The first-order chi connectivity index (χ1) is 18.2. The minimum atomic E-state index is -0.204. The summed E-state index contributed by atoms with van der Waals surface area (Å²) in [5, 5.41) is 11.6.